The van der Waals surface area contributed by atoms with Crippen molar-refractivity contribution in [1.82, 2.24) is 10.3 Å². The van der Waals surface area contributed by atoms with E-state index in [1.165, 1.54) is 19.1 Å². The van der Waals surface area contributed by atoms with Gasteiger partial charge in [0.05, 0.1) is 10.6 Å². The maximum Gasteiger partial charge on any atom is 0.247 e. The van der Waals surface area contributed by atoms with E-state index in [2.05, 4.69) is 20.9 Å². The van der Waals surface area contributed by atoms with Gasteiger partial charge in [0, 0.05) is 36.4 Å². The molecule has 0 saturated carbocycles. The van der Waals surface area contributed by atoms with E-state index < -0.39 is 15.9 Å². The Bertz CT molecular complexity index is 1670. The van der Waals surface area contributed by atoms with Gasteiger partial charge in [0.2, 0.25) is 11.8 Å². The number of nitrogen functional groups attached to an aromatic ring is 1. The van der Waals surface area contributed by atoms with Gasteiger partial charge in [-0.3, -0.25) is 9.59 Å². The minimum absolute atomic E-state index is 0.0492. The van der Waals surface area contributed by atoms with Gasteiger partial charge >= 0.3 is 0 Å². The summed E-state index contributed by atoms with van der Waals surface area (Å²) < 4.78 is 25.5. The molecule has 0 radical (unpaired) electrons. The van der Waals surface area contributed by atoms with Crippen molar-refractivity contribution < 1.29 is 18.0 Å². The molecule has 208 valence electrons. The van der Waals surface area contributed by atoms with Crippen LogP contribution in [0.3, 0.4) is 0 Å². The van der Waals surface area contributed by atoms with Crippen molar-refractivity contribution in [2.45, 2.75) is 44.7 Å². The number of aryl methyl sites for hydroxylation is 1. The lowest BCUT2D eigenvalue weighted by Crippen LogP contribution is -2.33. The third-order valence-corrected chi connectivity index (χ3v) is 8.44. The Morgan fingerprint density at radius 1 is 0.975 bits per heavy atom. The highest BCUT2D eigenvalue weighted by Gasteiger charge is 2.23. The first-order chi connectivity index (χ1) is 19.1. The molecule has 9 nitrogen and oxygen atoms in total. The number of nitrogens with two attached hydrogens (primary N) is 1. The minimum atomic E-state index is -3.57. The zero-order chi connectivity index (χ0) is 28.9. The molecule has 2 amide bonds. The molecule has 10 heteroatoms. The molecule has 4 aromatic rings. The monoisotopic (exact) mass is 559 g/mol. The predicted molar refractivity (Wildman–Crippen MR) is 159 cm³/mol. The third kappa shape index (κ3) is 6.58. The van der Waals surface area contributed by atoms with Gasteiger partial charge in [-0.15, -0.1) is 0 Å². The number of carbonyl (C=O) groups is 2. The van der Waals surface area contributed by atoms with Crippen molar-refractivity contribution >= 4 is 49.6 Å². The zero-order valence-electron chi connectivity index (χ0n) is 22.7. The van der Waals surface area contributed by atoms with Gasteiger partial charge in [0.1, 0.15) is 11.9 Å². The molecule has 4 rings (SSSR count). The van der Waals surface area contributed by atoms with E-state index in [4.69, 9.17) is 5.73 Å². The van der Waals surface area contributed by atoms with E-state index in [1.54, 1.807) is 19.2 Å². The number of anilines is 3. The third-order valence-electron chi connectivity index (χ3n) is 6.61. The van der Waals surface area contributed by atoms with Crippen LogP contribution in [0.2, 0.25) is 0 Å². The molecule has 5 N–H and O–H groups in total. The number of nitrogens with one attached hydrogen (secondary N) is 3. The second-order valence-electron chi connectivity index (χ2n) is 9.43. The predicted octanol–water partition coefficient (Wildman–Crippen LogP) is 4.60. The van der Waals surface area contributed by atoms with Gasteiger partial charge in [-0.25, -0.2) is 13.4 Å². The molecule has 0 bridgehead atoms. The SMILES string of the molecule is CCc1cccc(C(Nc2ccc3c(N)nccc3c2)C(=O)NCc2cc(NC(C)=O)ccc2S(=O)(=O)CC)c1. The fourth-order valence-corrected chi connectivity index (χ4v) is 5.61. The van der Waals surface area contributed by atoms with Crippen molar-refractivity contribution in [2.75, 3.05) is 22.1 Å². The molecule has 3 aromatic carbocycles. The van der Waals surface area contributed by atoms with E-state index in [1.807, 2.05) is 55.5 Å². The van der Waals surface area contributed by atoms with Crippen LogP contribution >= 0.6 is 0 Å². The molecule has 0 aliphatic carbocycles. The molecule has 1 atom stereocenters. The number of pyridine rings is 1. The molecule has 1 unspecified atom stereocenters. The number of carbonyl (C=O) groups excluding carboxylic acids is 2. The number of nitrogens with zero attached hydrogens (tertiary/aromatic N) is 1. The largest absolute Gasteiger partial charge is 0.383 e. The standard InChI is InChI=1S/C30H33N5O4S/c1-4-20-7-6-8-22(15-20)28(35-25-9-11-26-21(16-25)13-14-32-29(26)31)30(37)33-18-23-17-24(34-19(3)36)10-12-27(23)40(38,39)5-2/h6-17,28,35H,4-5,18H2,1-3H3,(H2,31,32)(H,33,37)(H,34,36). The van der Waals surface area contributed by atoms with E-state index in [0.29, 0.717) is 22.8 Å². The van der Waals surface area contributed by atoms with Gasteiger partial charge < -0.3 is 21.7 Å². The van der Waals surface area contributed by atoms with Crippen molar-refractivity contribution in [3.05, 3.63) is 89.6 Å². The summed E-state index contributed by atoms with van der Waals surface area (Å²) >= 11 is 0. The fourth-order valence-electron chi connectivity index (χ4n) is 4.49. The lowest BCUT2D eigenvalue weighted by molar-refractivity contribution is -0.122. The van der Waals surface area contributed by atoms with Gasteiger partial charge in [-0.1, -0.05) is 38.1 Å². The summed E-state index contributed by atoms with van der Waals surface area (Å²) in [7, 11) is -3.57. The van der Waals surface area contributed by atoms with E-state index in [-0.39, 0.29) is 29.0 Å². The number of hydrogen-bond donors (Lipinski definition) is 4. The number of fused-ring (bicyclic) bond motifs is 1. The van der Waals surface area contributed by atoms with E-state index >= 15 is 0 Å². The molecular formula is C30H33N5O4S. The first-order valence-corrected chi connectivity index (χ1v) is 14.7. The lowest BCUT2D eigenvalue weighted by atomic mass is 10.0. The van der Waals surface area contributed by atoms with E-state index in [0.717, 1.165) is 28.3 Å². The molecular weight excluding hydrogens is 526 g/mol. The van der Waals surface area contributed by atoms with Crippen LogP contribution in [0.25, 0.3) is 10.8 Å². The molecule has 0 fully saturated rings. The van der Waals surface area contributed by atoms with Crippen LogP contribution in [0.5, 0.6) is 0 Å². The van der Waals surface area contributed by atoms with Crippen LogP contribution in [-0.4, -0.2) is 31.0 Å². The molecule has 1 heterocycles. The van der Waals surface area contributed by atoms with Gasteiger partial charge in [0.15, 0.2) is 9.84 Å². The van der Waals surface area contributed by atoms with Crippen molar-refractivity contribution in [3.8, 4) is 0 Å². The molecule has 0 spiro atoms. The number of rotatable bonds is 10. The van der Waals surface area contributed by atoms with Crippen LogP contribution < -0.4 is 21.7 Å². The summed E-state index contributed by atoms with van der Waals surface area (Å²) in [5.41, 5.74) is 9.38. The molecule has 0 saturated heterocycles. The maximum absolute atomic E-state index is 13.7. The summed E-state index contributed by atoms with van der Waals surface area (Å²) in [6.45, 7) is 4.93. The van der Waals surface area contributed by atoms with Crippen molar-refractivity contribution in [1.29, 1.82) is 0 Å². The number of benzene rings is 3. The Labute approximate surface area is 234 Å². The summed E-state index contributed by atoms with van der Waals surface area (Å²) in [4.78, 5) is 29.5. The second-order valence-corrected chi connectivity index (χ2v) is 11.7. The minimum Gasteiger partial charge on any atom is -0.383 e. The quantitative estimate of drug-likeness (QED) is 0.222. The highest BCUT2D eigenvalue weighted by atomic mass is 32.2. The normalized spacial score (nSPS) is 12.1. The Morgan fingerprint density at radius 2 is 1.75 bits per heavy atom. The Kier molecular flexibility index (Phi) is 8.69. The average molecular weight is 560 g/mol. The smallest absolute Gasteiger partial charge is 0.247 e. The number of amides is 2. The van der Waals surface area contributed by atoms with Gasteiger partial charge in [-0.2, -0.15) is 0 Å². The molecule has 0 aliphatic heterocycles. The van der Waals surface area contributed by atoms with Gasteiger partial charge in [0.25, 0.3) is 0 Å². The van der Waals surface area contributed by atoms with Crippen molar-refractivity contribution in [2.24, 2.45) is 0 Å². The van der Waals surface area contributed by atoms with Crippen LogP contribution in [0.15, 0.2) is 77.8 Å². The van der Waals surface area contributed by atoms with Crippen LogP contribution in [-0.2, 0) is 32.4 Å². The first-order valence-electron chi connectivity index (χ1n) is 13.0. The summed E-state index contributed by atoms with van der Waals surface area (Å²) in [5.74, 6) is -0.293. The Morgan fingerprint density at radius 3 is 2.48 bits per heavy atom. The summed E-state index contributed by atoms with van der Waals surface area (Å²) in [6, 6.07) is 19.0. The summed E-state index contributed by atoms with van der Waals surface area (Å²) in [6.07, 6.45) is 2.44. The number of aromatic nitrogens is 1. The van der Waals surface area contributed by atoms with Crippen LogP contribution in [0.4, 0.5) is 17.2 Å². The topological polar surface area (TPSA) is 143 Å². The highest BCUT2D eigenvalue weighted by Crippen LogP contribution is 2.27. The molecule has 40 heavy (non-hydrogen) atoms. The van der Waals surface area contributed by atoms with Crippen LogP contribution in [0, 0.1) is 0 Å². The second kappa shape index (κ2) is 12.2. The van der Waals surface area contributed by atoms with Gasteiger partial charge in [-0.05, 0) is 71.0 Å². The highest BCUT2D eigenvalue weighted by molar-refractivity contribution is 7.91. The Hall–Kier alpha value is -4.44. The first kappa shape index (κ1) is 28.6. The lowest BCUT2D eigenvalue weighted by Gasteiger charge is -2.22. The van der Waals surface area contributed by atoms with Crippen LogP contribution in [0.1, 0.15) is 43.5 Å². The molecule has 1 aromatic heterocycles. The van der Waals surface area contributed by atoms with E-state index in [9.17, 15) is 18.0 Å². The number of hydrogen-bond acceptors (Lipinski definition) is 7. The number of sulfone groups is 1. The molecule has 0 aliphatic rings. The Balaban J connectivity index is 1.67. The maximum atomic E-state index is 13.7. The average Bonchev–Trinajstić information content (AvgIpc) is 2.94. The fraction of sp³-hybridized carbons (Fsp3) is 0.233. The summed E-state index contributed by atoms with van der Waals surface area (Å²) in [5, 5.41) is 10.6. The van der Waals surface area contributed by atoms with Crippen molar-refractivity contribution in [3.63, 3.8) is 0 Å². The zero-order valence-corrected chi connectivity index (χ0v) is 23.5.